The Morgan fingerprint density at radius 1 is 0.981 bits per heavy atom. The van der Waals surface area contributed by atoms with E-state index in [4.69, 9.17) is 0 Å². The Kier molecular flexibility index (Phi) is 6.93. The molecule has 3 saturated carbocycles. The summed E-state index contributed by atoms with van der Waals surface area (Å²) in [6, 6.07) is 12.1. The van der Waals surface area contributed by atoms with Crippen molar-refractivity contribution in [3.63, 3.8) is 0 Å². The smallest absolute Gasteiger partial charge is 0.262 e. The van der Waals surface area contributed by atoms with E-state index in [9.17, 15) is 32.8 Å². The van der Waals surface area contributed by atoms with Gasteiger partial charge in [-0.1, -0.05) is 13.0 Å². The number of aromatic amines is 1. The number of alkyl halides is 2. The number of nitrogens with one attached hydrogen (secondary N) is 3. The number of anilines is 2. The number of carbonyl (C=O) groups excluding carboxylic acids is 5. The summed E-state index contributed by atoms with van der Waals surface area (Å²) in [6.07, 6.45) is 3.66. The van der Waals surface area contributed by atoms with E-state index >= 15 is 0 Å². The second kappa shape index (κ2) is 11.2. The molecule has 3 aromatic rings. The van der Waals surface area contributed by atoms with E-state index in [1.807, 2.05) is 31.3 Å². The van der Waals surface area contributed by atoms with Gasteiger partial charge >= 0.3 is 0 Å². The fourth-order valence-electron chi connectivity index (χ4n) is 10.8. The molecule has 280 valence electrons. The van der Waals surface area contributed by atoms with Crippen LogP contribution in [0.4, 0.5) is 20.2 Å². The molecule has 5 fully saturated rings. The Balaban J connectivity index is 0.780. The molecule has 2 unspecified atom stereocenters. The molecule has 4 aliphatic heterocycles. The van der Waals surface area contributed by atoms with Crippen LogP contribution in [-0.4, -0.2) is 83.3 Å². The number of piperidine rings is 1. The predicted molar refractivity (Wildman–Crippen MR) is 194 cm³/mol. The first-order chi connectivity index (χ1) is 25.7. The first-order valence-electron chi connectivity index (χ1n) is 19.0. The van der Waals surface area contributed by atoms with Gasteiger partial charge in [0.05, 0.1) is 28.6 Å². The number of H-pyrrole nitrogens is 1. The maximum atomic E-state index is 14.5. The Bertz CT molecular complexity index is 2250. The zero-order valence-electron chi connectivity index (χ0n) is 30.1. The molecule has 0 radical (unpaired) electrons. The molecule has 5 atom stereocenters. The van der Waals surface area contributed by atoms with Crippen molar-refractivity contribution in [3.8, 4) is 0 Å². The number of halogens is 2. The molecule has 1 spiro atoms. The van der Waals surface area contributed by atoms with E-state index in [1.54, 1.807) is 24.0 Å². The van der Waals surface area contributed by atoms with Gasteiger partial charge in [-0.25, -0.2) is 8.78 Å². The van der Waals surface area contributed by atoms with Crippen LogP contribution in [0.5, 0.6) is 0 Å². The highest BCUT2D eigenvalue weighted by molar-refractivity contribution is 6.23. The third-order valence-corrected chi connectivity index (χ3v) is 14.1. The summed E-state index contributed by atoms with van der Waals surface area (Å²) in [4.78, 5) is 72.8. The standard InChI is InChI=1S/C40H41F2N7O5/c1-38-18-30-27(12-22(38)17-40(38,41)42)33(46-45-30)29-11-20-3-4-23(14-28(20)43-29)47(2)35(52)21-15-39(16-21)9-10-48(19-39)24-5-6-25-26(13-24)37(54)49(36(25)53)31-7-8-32(50)44-34(31)51/h3-6,11,13-14,21-22,27,30-31,43,45H,7-10,12,15-19H2,1-2H3,(H,44,50,51)/t21?,22-,27?,30?,31+,38-,39?/m1/s1. The minimum Gasteiger partial charge on any atom is -0.371 e. The number of benzene rings is 2. The van der Waals surface area contributed by atoms with Crippen LogP contribution in [0.25, 0.3) is 10.9 Å². The van der Waals surface area contributed by atoms with Gasteiger partial charge in [-0.2, -0.15) is 5.10 Å². The molecule has 2 saturated heterocycles. The number of hydrogen-bond acceptors (Lipinski definition) is 8. The Labute approximate surface area is 309 Å². The first kappa shape index (κ1) is 33.4. The van der Waals surface area contributed by atoms with Crippen molar-refractivity contribution in [3.05, 3.63) is 59.3 Å². The predicted octanol–water partition coefficient (Wildman–Crippen LogP) is 4.59. The lowest BCUT2D eigenvalue weighted by Crippen LogP contribution is -2.63. The maximum absolute atomic E-state index is 14.5. The van der Waals surface area contributed by atoms with E-state index in [1.165, 1.54) is 0 Å². The Morgan fingerprint density at radius 3 is 2.56 bits per heavy atom. The SMILES string of the molecule is CN(C(=O)C1CC2(CCN(c3ccc4c(c3)C(=O)N([C@H]3CCC(=O)NC3=O)C4=O)C2)C1)c1ccc2cc(C3=NNC4C[C@]5(C)[C@H](CC34)CC5(F)F)[nH]c2c1. The highest BCUT2D eigenvalue weighted by atomic mass is 19.3. The monoisotopic (exact) mass is 737 g/mol. The van der Waals surface area contributed by atoms with E-state index in [0.29, 0.717) is 12.8 Å². The molecule has 1 aromatic heterocycles. The number of nitrogens with zero attached hydrogens (tertiary/aromatic N) is 4. The van der Waals surface area contributed by atoms with Gasteiger partial charge in [-0.05, 0) is 86.3 Å². The maximum Gasteiger partial charge on any atom is 0.262 e. The molecule has 5 amide bonds. The van der Waals surface area contributed by atoms with E-state index < -0.39 is 41.0 Å². The molecular weight excluding hydrogens is 696 g/mol. The molecule has 5 heterocycles. The van der Waals surface area contributed by atoms with E-state index in [0.717, 1.165) is 70.9 Å². The van der Waals surface area contributed by atoms with Crippen LogP contribution in [0, 0.1) is 28.6 Å². The molecule has 0 bridgehead atoms. The molecule has 2 aromatic carbocycles. The van der Waals surface area contributed by atoms with Gasteiger partial charge in [-0.3, -0.25) is 34.2 Å². The number of hydrogen-bond donors (Lipinski definition) is 3. The van der Waals surface area contributed by atoms with Crippen LogP contribution in [0.3, 0.4) is 0 Å². The first-order valence-corrected chi connectivity index (χ1v) is 19.0. The number of carbonyl (C=O) groups is 5. The fourth-order valence-corrected chi connectivity index (χ4v) is 10.8. The number of fused-ring (bicyclic) bond motifs is 4. The summed E-state index contributed by atoms with van der Waals surface area (Å²) in [7, 11) is 1.81. The molecule has 10 rings (SSSR count). The number of aromatic nitrogens is 1. The zero-order valence-corrected chi connectivity index (χ0v) is 30.1. The molecule has 3 aliphatic carbocycles. The van der Waals surface area contributed by atoms with Crippen molar-refractivity contribution < 1.29 is 32.8 Å². The van der Waals surface area contributed by atoms with Gasteiger partial charge in [0.15, 0.2) is 0 Å². The van der Waals surface area contributed by atoms with Gasteiger partial charge in [-0.15, -0.1) is 0 Å². The molecule has 54 heavy (non-hydrogen) atoms. The fraction of sp³-hybridized carbons (Fsp3) is 0.500. The average Bonchev–Trinajstić information content (AvgIpc) is 3.91. The summed E-state index contributed by atoms with van der Waals surface area (Å²) in [5.74, 6) is -4.69. The van der Waals surface area contributed by atoms with Crippen LogP contribution in [0.2, 0.25) is 0 Å². The average molecular weight is 738 g/mol. The lowest BCUT2D eigenvalue weighted by Gasteiger charge is -2.58. The second-order valence-electron chi connectivity index (χ2n) is 17.1. The summed E-state index contributed by atoms with van der Waals surface area (Å²) in [6.45, 7) is 3.21. The van der Waals surface area contributed by atoms with Crippen molar-refractivity contribution in [2.24, 2.45) is 33.7 Å². The molecule has 3 N–H and O–H groups in total. The summed E-state index contributed by atoms with van der Waals surface area (Å²) >= 11 is 0. The van der Waals surface area contributed by atoms with Crippen molar-refractivity contribution in [1.82, 2.24) is 20.6 Å². The molecule has 14 heteroatoms. The van der Waals surface area contributed by atoms with Crippen molar-refractivity contribution >= 4 is 57.5 Å². The summed E-state index contributed by atoms with van der Waals surface area (Å²) < 4.78 is 28.9. The zero-order chi connectivity index (χ0) is 37.5. The Morgan fingerprint density at radius 2 is 1.78 bits per heavy atom. The lowest BCUT2D eigenvalue weighted by atomic mass is 9.49. The van der Waals surface area contributed by atoms with E-state index in [-0.39, 0.29) is 65.5 Å². The third kappa shape index (κ3) is 4.70. The van der Waals surface area contributed by atoms with Crippen molar-refractivity contribution in [1.29, 1.82) is 0 Å². The topological polar surface area (TPSA) is 147 Å². The van der Waals surface area contributed by atoms with Crippen LogP contribution in [0.1, 0.15) is 84.7 Å². The largest absolute Gasteiger partial charge is 0.371 e. The van der Waals surface area contributed by atoms with Gasteiger partial charge < -0.3 is 20.2 Å². The van der Waals surface area contributed by atoms with Gasteiger partial charge in [0.2, 0.25) is 17.7 Å². The van der Waals surface area contributed by atoms with Gasteiger partial charge in [0.25, 0.3) is 17.7 Å². The normalized spacial score (nSPS) is 31.7. The molecule has 7 aliphatic rings. The summed E-state index contributed by atoms with van der Waals surface area (Å²) in [5, 5.41) is 7.84. The van der Waals surface area contributed by atoms with Gasteiger partial charge in [0.1, 0.15) is 6.04 Å². The number of amides is 5. The third-order valence-electron chi connectivity index (χ3n) is 14.1. The summed E-state index contributed by atoms with van der Waals surface area (Å²) in [5.41, 5.74) is 6.96. The van der Waals surface area contributed by atoms with Crippen molar-refractivity contribution in [2.45, 2.75) is 76.3 Å². The molecular formula is C40H41F2N7O5. The Hall–Kier alpha value is -5.14. The second-order valence-corrected chi connectivity index (χ2v) is 17.1. The van der Waals surface area contributed by atoms with Gasteiger partial charge in [0, 0.05) is 72.5 Å². The highest BCUT2D eigenvalue weighted by Gasteiger charge is 2.68. The minimum atomic E-state index is -2.62. The van der Waals surface area contributed by atoms with Crippen LogP contribution in [0.15, 0.2) is 47.6 Å². The number of imide groups is 2. The molecule has 12 nitrogen and oxygen atoms in total. The highest BCUT2D eigenvalue weighted by Crippen LogP contribution is 2.65. The minimum absolute atomic E-state index is 0.0102. The van der Waals surface area contributed by atoms with Crippen LogP contribution >= 0.6 is 0 Å². The van der Waals surface area contributed by atoms with Crippen molar-refractivity contribution in [2.75, 3.05) is 29.9 Å². The quantitative estimate of drug-likeness (QED) is 0.325. The van der Waals surface area contributed by atoms with E-state index in [2.05, 4.69) is 31.8 Å². The number of rotatable bonds is 5. The van der Waals surface area contributed by atoms with Crippen LogP contribution < -0.4 is 20.5 Å². The number of hydrazone groups is 1. The lowest BCUT2D eigenvalue weighted by molar-refractivity contribution is -0.255. The van der Waals surface area contributed by atoms with Crippen LogP contribution in [-0.2, 0) is 14.4 Å².